The highest BCUT2D eigenvalue weighted by Gasteiger charge is 2.07. The van der Waals surface area contributed by atoms with Crippen molar-refractivity contribution in [3.05, 3.63) is 27.1 Å². The molecule has 0 radical (unpaired) electrons. The summed E-state index contributed by atoms with van der Waals surface area (Å²) in [7, 11) is 0. The van der Waals surface area contributed by atoms with Crippen LogP contribution in [0.4, 0.5) is 4.39 Å². The average Bonchev–Trinajstić information content (AvgIpc) is 1.96. The van der Waals surface area contributed by atoms with E-state index in [1.165, 1.54) is 6.07 Å². The summed E-state index contributed by atoms with van der Waals surface area (Å²) in [6.45, 7) is 4.20. The second-order valence-electron chi connectivity index (χ2n) is 2.49. The molecule has 0 unspecified atom stereocenters. The quantitative estimate of drug-likeness (QED) is 0.756. The van der Waals surface area contributed by atoms with E-state index in [0.29, 0.717) is 12.4 Å². The predicted molar refractivity (Wildman–Crippen MR) is 55.0 cm³/mol. The fraction of sp³-hybridized carbons (Fsp3) is 0.333. The van der Waals surface area contributed by atoms with E-state index >= 15 is 0 Å². The third-order valence-corrected chi connectivity index (χ3v) is 2.23. The minimum atomic E-state index is -0.277. The van der Waals surface area contributed by atoms with Gasteiger partial charge in [-0.1, -0.05) is 0 Å². The van der Waals surface area contributed by atoms with Crippen LogP contribution in [0.3, 0.4) is 0 Å². The number of halogens is 2. The molecule has 12 heavy (non-hydrogen) atoms. The van der Waals surface area contributed by atoms with Crippen LogP contribution < -0.4 is 4.74 Å². The van der Waals surface area contributed by atoms with Gasteiger partial charge in [0.25, 0.3) is 0 Å². The highest BCUT2D eigenvalue weighted by molar-refractivity contribution is 14.1. The van der Waals surface area contributed by atoms with Crippen molar-refractivity contribution in [3.63, 3.8) is 0 Å². The van der Waals surface area contributed by atoms with Gasteiger partial charge in [0.1, 0.15) is 0 Å². The van der Waals surface area contributed by atoms with Crippen molar-refractivity contribution in [2.75, 3.05) is 6.61 Å². The average molecular weight is 280 g/mol. The molecule has 0 saturated heterocycles. The smallest absolute Gasteiger partial charge is 0.168 e. The van der Waals surface area contributed by atoms with Gasteiger partial charge in [0.2, 0.25) is 0 Å². The Balaban J connectivity index is 3.10. The summed E-state index contributed by atoms with van der Waals surface area (Å²) in [6.07, 6.45) is 0. The lowest BCUT2D eigenvalue weighted by Gasteiger charge is -2.07. The lowest BCUT2D eigenvalue weighted by Crippen LogP contribution is -1.97. The molecule has 1 rings (SSSR count). The second kappa shape index (κ2) is 4.07. The molecule has 66 valence electrons. The summed E-state index contributed by atoms with van der Waals surface area (Å²) in [5, 5.41) is 0. The lowest BCUT2D eigenvalue weighted by molar-refractivity contribution is 0.319. The van der Waals surface area contributed by atoms with E-state index in [4.69, 9.17) is 4.74 Å². The van der Waals surface area contributed by atoms with Gasteiger partial charge in [-0.15, -0.1) is 0 Å². The molecule has 0 saturated carbocycles. The molecule has 0 fully saturated rings. The Bertz CT molecular complexity index is 263. The van der Waals surface area contributed by atoms with Crippen molar-refractivity contribution < 1.29 is 9.13 Å². The van der Waals surface area contributed by atoms with Gasteiger partial charge in [-0.3, -0.25) is 0 Å². The fourth-order valence-electron chi connectivity index (χ4n) is 0.969. The third-order valence-electron chi connectivity index (χ3n) is 1.43. The highest BCUT2D eigenvalue weighted by atomic mass is 127. The molecule has 1 nitrogen and oxygen atoms in total. The van der Waals surface area contributed by atoms with Gasteiger partial charge in [0.15, 0.2) is 11.6 Å². The summed E-state index contributed by atoms with van der Waals surface area (Å²) in [5.41, 5.74) is 0.917. The number of benzene rings is 1. The van der Waals surface area contributed by atoms with Crippen LogP contribution in [-0.4, -0.2) is 6.61 Å². The zero-order valence-corrected chi connectivity index (χ0v) is 9.18. The summed E-state index contributed by atoms with van der Waals surface area (Å²) in [6, 6.07) is 3.38. The number of ether oxygens (including phenoxy) is 1. The van der Waals surface area contributed by atoms with Gasteiger partial charge in [-0.2, -0.15) is 0 Å². The highest BCUT2D eigenvalue weighted by Crippen LogP contribution is 2.25. The molecule has 0 aliphatic rings. The monoisotopic (exact) mass is 280 g/mol. The lowest BCUT2D eigenvalue weighted by atomic mass is 10.2. The van der Waals surface area contributed by atoms with Crippen LogP contribution in [0.25, 0.3) is 0 Å². The summed E-state index contributed by atoms with van der Waals surface area (Å²) >= 11 is 2.07. The van der Waals surface area contributed by atoms with E-state index in [1.54, 1.807) is 0 Å². The molecule has 0 bridgehead atoms. The van der Waals surface area contributed by atoms with E-state index in [2.05, 4.69) is 22.6 Å². The summed E-state index contributed by atoms with van der Waals surface area (Å²) in [5.74, 6) is 0.0879. The van der Waals surface area contributed by atoms with Crippen LogP contribution in [0.15, 0.2) is 12.1 Å². The molecule has 0 atom stereocenters. The molecule has 0 aliphatic carbocycles. The van der Waals surface area contributed by atoms with Crippen LogP contribution >= 0.6 is 22.6 Å². The van der Waals surface area contributed by atoms with Crippen LogP contribution in [0.2, 0.25) is 0 Å². The SMILES string of the molecule is CCOc1c(F)cc(C)cc1I. The van der Waals surface area contributed by atoms with Crippen molar-refractivity contribution in [2.24, 2.45) is 0 Å². The van der Waals surface area contributed by atoms with E-state index in [-0.39, 0.29) is 5.82 Å². The van der Waals surface area contributed by atoms with Gasteiger partial charge >= 0.3 is 0 Å². The topological polar surface area (TPSA) is 9.23 Å². The molecule has 1 aromatic rings. The Labute approximate surface area is 85.1 Å². The molecule has 3 heteroatoms. The van der Waals surface area contributed by atoms with Crippen molar-refractivity contribution in [2.45, 2.75) is 13.8 Å². The first-order valence-corrected chi connectivity index (χ1v) is 4.81. The van der Waals surface area contributed by atoms with E-state index in [9.17, 15) is 4.39 Å². The molecule has 0 spiro atoms. The van der Waals surface area contributed by atoms with Gasteiger partial charge in [0, 0.05) is 0 Å². The largest absolute Gasteiger partial charge is 0.490 e. The van der Waals surface area contributed by atoms with Crippen molar-refractivity contribution in [1.82, 2.24) is 0 Å². The van der Waals surface area contributed by atoms with Gasteiger partial charge in [-0.25, -0.2) is 4.39 Å². The first kappa shape index (κ1) is 9.77. The Morgan fingerprint density at radius 1 is 1.50 bits per heavy atom. The fourth-order valence-corrected chi connectivity index (χ4v) is 1.87. The Hall–Kier alpha value is -0.320. The first-order valence-electron chi connectivity index (χ1n) is 3.73. The zero-order valence-electron chi connectivity index (χ0n) is 7.03. The summed E-state index contributed by atoms with van der Waals surface area (Å²) in [4.78, 5) is 0. The normalized spacial score (nSPS) is 10.0. The van der Waals surface area contributed by atoms with Crippen LogP contribution in [-0.2, 0) is 0 Å². The van der Waals surface area contributed by atoms with Crippen LogP contribution in [0.1, 0.15) is 12.5 Å². The van der Waals surface area contributed by atoms with Crippen LogP contribution in [0, 0.1) is 16.3 Å². The number of hydrogen-bond acceptors (Lipinski definition) is 1. The van der Waals surface area contributed by atoms with E-state index in [0.717, 1.165) is 9.13 Å². The number of rotatable bonds is 2. The maximum Gasteiger partial charge on any atom is 0.168 e. The number of hydrogen-bond donors (Lipinski definition) is 0. The maximum atomic E-state index is 13.2. The van der Waals surface area contributed by atoms with Crippen molar-refractivity contribution >= 4 is 22.6 Å². The number of aryl methyl sites for hydroxylation is 1. The third kappa shape index (κ3) is 2.09. The van der Waals surface area contributed by atoms with Crippen molar-refractivity contribution in [1.29, 1.82) is 0 Å². The van der Waals surface area contributed by atoms with Gasteiger partial charge in [0.05, 0.1) is 10.2 Å². The molecule has 1 aromatic carbocycles. The Morgan fingerprint density at radius 2 is 2.17 bits per heavy atom. The summed E-state index contributed by atoms with van der Waals surface area (Å²) < 4.78 is 19.1. The zero-order chi connectivity index (χ0) is 9.14. The second-order valence-corrected chi connectivity index (χ2v) is 3.65. The van der Waals surface area contributed by atoms with E-state index in [1.807, 2.05) is 19.9 Å². The standard InChI is InChI=1S/C9H10FIO/c1-3-12-9-7(10)4-6(2)5-8(9)11/h4-5H,3H2,1-2H3. The van der Waals surface area contributed by atoms with Crippen molar-refractivity contribution in [3.8, 4) is 5.75 Å². The van der Waals surface area contributed by atoms with Crippen LogP contribution in [0.5, 0.6) is 5.75 Å². The van der Waals surface area contributed by atoms with E-state index < -0.39 is 0 Å². The first-order chi connectivity index (χ1) is 5.65. The van der Waals surface area contributed by atoms with Gasteiger partial charge < -0.3 is 4.74 Å². The molecular formula is C9H10FIO. The molecule has 0 aromatic heterocycles. The molecule has 0 N–H and O–H groups in total. The maximum absolute atomic E-state index is 13.2. The Morgan fingerprint density at radius 3 is 2.67 bits per heavy atom. The molecule has 0 aliphatic heterocycles. The predicted octanol–water partition coefficient (Wildman–Crippen LogP) is 3.14. The Kier molecular flexibility index (Phi) is 3.31. The molecular weight excluding hydrogens is 270 g/mol. The minimum absolute atomic E-state index is 0.277. The molecule has 0 amide bonds. The minimum Gasteiger partial charge on any atom is -0.490 e. The molecule has 0 heterocycles. The van der Waals surface area contributed by atoms with Gasteiger partial charge in [-0.05, 0) is 54.1 Å².